The molecule has 4 aliphatic rings. The van der Waals surface area contributed by atoms with Crippen LogP contribution in [0.1, 0.15) is 41.4 Å². The average molecular weight is 317 g/mol. The van der Waals surface area contributed by atoms with Crippen molar-refractivity contribution in [1.82, 2.24) is 5.32 Å². The Labute approximate surface area is 143 Å². The van der Waals surface area contributed by atoms with Crippen molar-refractivity contribution in [3.8, 4) is 5.75 Å². The molecule has 6 rings (SSSR count). The van der Waals surface area contributed by atoms with Crippen molar-refractivity contribution in [3.63, 3.8) is 0 Å². The van der Waals surface area contributed by atoms with Crippen LogP contribution in [0.25, 0.3) is 5.57 Å². The lowest BCUT2D eigenvalue weighted by atomic mass is 9.53. The Bertz CT molecular complexity index is 799. The molecule has 3 atom stereocenters. The summed E-state index contributed by atoms with van der Waals surface area (Å²) in [4.78, 5) is 0. The lowest BCUT2D eigenvalue weighted by Gasteiger charge is -2.50. The van der Waals surface area contributed by atoms with Crippen molar-refractivity contribution < 1.29 is 4.74 Å². The molecule has 3 aliphatic carbocycles. The zero-order valence-corrected chi connectivity index (χ0v) is 14.1. The van der Waals surface area contributed by atoms with Crippen molar-refractivity contribution in [3.05, 3.63) is 71.3 Å². The van der Waals surface area contributed by atoms with Gasteiger partial charge in [-0.25, -0.2) is 0 Å². The summed E-state index contributed by atoms with van der Waals surface area (Å²) >= 11 is 0. The molecule has 0 amide bonds. The van der Waals surface area contributed by atoms with Gasteiger partial charge in [-0.3, -0.25) is 0 Å². The monoisotopic (exact) mass is 317 g/mol. The molecule has 0 radical (unpaired) electrons. The normalized spacial score (nSPS) is 30.3. The summed E-state index contributed by atoms with van der Waals surface area (Å²) in [6.07, 6.45) is 5.12. The van der Waals surface area contributed by atoms with Gasteiger partial charge in [0.05, 0.1) is 7.11 Å². The topological polar surface area (TPSA) is 21.3 Å². The van der Waals surface area contributed by atoms with Gasteiger partial charge in [0.2, 0.25) is 0 Å². The van der Waals surface area contributed by atoms with E-state index >= 15 is 0 Å². The number of allylic oxidation sites excluding steroid dienone is 2. The van der Waals surface area contributed by atoms with Gasteiger partial charge in [-0.05, 0) is 59.2 Å². The molecule has 2 nitrogen and oxygen atoms in total. The van der Waals surface area contributed by atoms with Gasteiger partial charge >= 0.3 is 0 Å². The highest BCUT2D eigenvalue weighted by molar-refractivity contribution is 5.78. The molecule has 0 aromatic heterocycles. The van der Waals surface area contributed by atoms with E-state index in [-0.39, 0.29) is 0 Å². The van der Waals surface area contributed by atoms with Gasteiger partial charge in [0.15, 0.2) is 0 Å². The molecule has 24 heavy (non-hydrogen) atoms. The zero-order valence-electron chi connectivity index (χ0n) is 14.1. The third-order valence-corrected chi connectivity index (χ3v) is 6.34. The maximum absolute atomic E-state index is 5.34. The molecule has 1 saturated heterocycles. The zero-order chi connectivity index (χ0) is 16.1. The molecule has 1 aliphatic heterocycles. The van der Waals surface area contributed by atoms with Gasteiger partial charge in [0.25, 0.3) is 0 Å². The van der Waals surface area contributed by atoms with Gasteiger partial charge in [-0.2, -0.15) is 0 Å². The molecule has 1 heterocycles. The van der Waals surface area contributed by atoms with E-state index in [0.717, 1.165) is 18.8 Å². The first-order chi connectivity index (χ1) is 11.8. The molecule has 1 fully saturated rings. The van der Waals surface area contributed by atoms with Gasteiger partial charge in [-0.1, -0.05) is 42.5 Å². The summed E-state index contributed by atoms with van der Waals surface area (Å²) in [5.41, 5.74) is 6.38. The number of nitrogens with one attached hydrogen (secondary N) is 1. The first-order valence-electron chi connectivity index (χ1n) is 8.96. The summed E-state index contributed by atoms with van der Waals surface area (Å²) in [5, 5.41) is 3.64. The Balaban J connectivity index is 1.66. The highest BCUT2D eigenvalue weighted by Gasteiger charge is 2.52. The highest BCUT2D eigenvalue weighted by Crippen LogP contribution is 2.62. The number of ether oxygens (including phenoxy) is 1. The Hall–Kier alpha value is -2.06. The largest absolute Gasteiger partial charge is 0.497 e. The minimum atomic E-state index is 0.392. The van der Waals surface area contributed by atoms with Crippen LogP contribution in [0, 0.1) is 5.41 Å². The predicted molar refractivity (Wildman–Crippen MR) is 97.4 cm³/mol. The second kappa shape index (κ2) is 5.22. The van der Waals surface area contributed by atoms with Crippen LogP contribution in [0.2, 0.25) is 0 Å². The molecule has 1 N–H and O–H groups in total. The minimum Gasteiger partial charge on any atom is -0.497 e. The van der Waals surface area contributed by atoms with Crippen LogP contribution >= 0.6 is 0 Å². The fraction of sp³-hybridized carbons (Fsp3) is 0.364. The van der Waals surface area contributed by atoms with Gasteiger partial charge in [-0.15, -0.1) is 0 Å². The third-order valence-electron chi connectivity index (χ3n) is 6.34. The molecular weight excluding hydrogens is 294 g/mol. The third kappa shape index (κ3) is 1.93. The van der Waals surface area contributed by atoms with Gasteiger partial charge in [0, 0.05) is 18.4 Å². The smallest absolute Gasteiger partial charge is 0.118 e. The number of methoxy groups -OCH3 is 1. The fourth-order valence-electron chi connectivity index (χ4n) is 5.30. The van der Waals surface area contributed by atoms with Crippen molar-refractivity contribution in [2.45, 2.75) is 24.7 Å². The van der Waals surface area contributed by atoms with Crippen LogP contribution in [-0.4, -0.2) is 20.2 Å². The predicted octanol–water partition coefficient (Wildman–Crippen LogP) is 4.34. The summed E-state index contributed by atoms with van der Waals surface area (Å²) in [7, 11) is 1.73. The summed E-state index contributed by atoms with van der Waals surface area (Å²) in [6, 6.07) is 17.7. The van der Waals surface area contributed by atoms with E-state index in [1.165, 1.54) is 24.0 Å². The van der Waals surface area contributed by atoms with E-state index in [1.807, 2.05) is 0 Å². The first kappa shape index (κ1) is 14.3. The van der Waals surface area contributed by atoms with Crippen LogP contribution < -0.4 is 10.1 Å². The van der Waals surface area contributed by atoms with Crippen LogP contribution in [0.3, 0.4) is 0 Å². The highest BCUT2D eigenvalue weighted by atomic mass is 16.5. The maximum atomic E-state index is 5.34. The molecule has 0 saturated carbocycles. The Morgan fingerprint density at radius 2 is 1.83 bits per heavy atom. The van der Waals surface area contributed by atoms with E-state index in [9.17, 15) is 0 Å². The molecular formula is C22H23NO. The second-order valence-corrected chi connectivity index (χ2v) is 7.51. The Morgan fingerprint density at radius 3 is 2.54 bits per heavy atom. The van der Waals surface area contributed by atoms with Gasteiger partial charge in [0.1, 0.15) is 5.75 Å². The van der Waals surface area contributed by atoms with E-state index in [0.29, 0.717) is 17.3 Å². The SMILES string of the molecule is COc1ccc(C2=C[C@H]3C[C@]4(CCNC4)[C@@H]2c2ccccc23)cc1. The fourth-order valence-corrected chi connectivity index (χ4v) is 5.30. The molecule has 2 heteroatoms. The van der Waals surface area contributed by atoms with E-state index in [1.54, 1.807) is 18.2 Å². The van der Waals surface area contributed by atoms with Crippen molar-refractivity contribution in [2.24, 2.45) is 5.41 Å². The first-order valence-corrected chi connectivity index (χ1v) is 8.96. The Kier molecular flexibility index (Phi) is 3.11. The second-order valence-electron chi connectivity index (χ2n) is 7.51. The van der Waals surface area contributed by atoms with Crippen LogP contribution in [-0.2, 0) is 0 Å². The Morgan fingerprint density at radius 1 is 1.04 bits per heavy atom. The van der Waals surface area contributed by atoms with E-state index in [2.05, 4.69) is 59.9 Å². The molecule has 0 unspecified atom stereocenters. The van der Waals surface area contributed by atoms with Crippen LogP contribution in [0.15, 0.2) is 54.6 Å². The molecule has 2 aromatic carbocycles. The maximum Gasteiger partial charge on any atom is 0.118 e. The average Bonchev–Trinajstić information content (AvgIpc) is 3.10. The summed E-state index contributed by atoms with van der Waals surface area (Å²) in [5.74, 6) is 2.00. The van der Waals surface area contributed by atoms with Gasteiger partial charge < -0.3 is 10.1 Å². The minimum absolute atomic E-state index is 0.392. The van der Waals surface area contributed by atoms with Crippen molar-refractivity contribution in [2.75, 3.05) is 20.2 Å². The number of benzene rings is 2. The summed E-state index contributed by atoms with van der Waals surface area (Å²) < 4.78 is 5.34. The van der Waals surface area contributed by atoms with E-state index < -0.39 is 0 Å². The van der Waals surface area contributed by atoms with Crippen molar-refractivity contribution in [1.29, 1.82) is 0 Å². The van der Waals surface area contributed by atoms with Crippen molar-refractivity contribution >= 4 is 5.57 Å². The van der Waals surface area contributed by atoms with Crippen LogP contribution in [0.4, 0.5) is 0 Å². The molecule has 2 aromatic rings. The molecule has 122 valence electrons. The van der Waals surface area contributed by atoms with E-state index in [4.69, 9.17) is 4.74 Å². The lowest BCUT2D eigenvalue weighted by Crippen LogP contribution is -2.40. The molecule has 2 bridgehead atoms. The standard InChI is InChI=1S/C22H23NO/c1-24-17-8-6-15(7-9-17)20-12-16-13-22(10-11-23-14-22)21(20)19-5-3-2-4-18(16)19/h2-9,12,16,21,23H,10-11,13-14H2,1H3/t16-,21+,22-/m0/s1. The molecule has 1 spiro atoms. The quantitative estimate of drug-likeness (QED) is 0.889. The lowest BCUT2D eigenvalue weighted by molar-refractivity contribution is 0.228. The van der Waals surface area contributed by atoms with Crippen LogP contribution in [0.5, 0.6) is 5.75 Å². The summed E-state index contributed by atoms with van der Waals surface area (Å²) in [6.45, 7) is 2.30. The number of rotatable bonds is 2. The number of hydrogen-bond donors (Lipinski definition) is 1. The number of hydrogen-bond acceptors (Lipinski definition) is 2.